The van der Waals surface area contributed by atoms with Crippen LogP contribution in [0.1, 0.15) is 71.6 Å². The summed E-state index contributed by atoms with van der Waals surface area (Å²) >= 11 is 0. The van der Waals surface area contributed by atoms with Crippen molar-refractivity contribution in [2.75, 3.05) is 6.54 Å². The highest BCUT2D eigenvalue weighted by atomic mass is 14.9. The Morgan fingerprint density at radius 1 is 0.941 bits per heavy atom. The van der Waals surface area contributed by atoms with Crippen molar-refractivity contribution < 1.29 is 0 Å². The molecule has 0 saturated heterocycles. The van der Waals surface area contributed by atoms with Crippen LogP contribution in [0.25, 0.3) is 0 Å². The molecule has 2 aliphatic carbocycles. The molecule has 2 saturated carbocycles. The molecule has 2 aliphatic rings. The Morgan fingerprint density at radius 2 is 1.59 bits per heavy atom. The van der Waals surface area contributed by atoms with Crippen molar-refractivity contribution in [1.29, 1.82) is 0 Å². The van der Waals surface area contributed by atoms with Crippen LogP contribution in [-0.2, 0) is 0 Å². The van der Waals surface area contributed by atoms with E-state index in [0.29, 0.717) is 0 Å². The molecule has 0 aromatic carbocycles. The molecule has 0 heterocycles. The van der Waals surface area contributed by atoms with Gasteiger partial charge in [0.2, 0.25) is 0 Å². The van der Waals surface area contributed by atoms with Gasteiger partial charge in [0.15, 0.2) is 0 Å². The molecule has 0 aromatic heterocycles. The SMILES string of the molecule is CC1CC(C)CC(NCCCC2CCCC2)C1. The molecule has 1 heteroatoms. The molecular weight excluding hydrogens is 206 g/mol. The van der Waals surface area contributed by atoms with E-state index >= 15 is 0 Å². The van der Waals surface area contributed by atoms with Gasteiger partial charge in [-0.15, -0.1) is 0 Å². The molecule has 100 valence electrons. The second kappa shape index (κ2) is 6.78. The summed E-state index contributed by atoms with van der Waals surface area (Å²) in [5, 5.41) is 3.81. The molecule has 17 heavy (non-hydrogen) atoms. The van der Waals surface area contributed by atoms with Gasteiger partial charge < -0.3 is 5.32 Å². The maximum atomic E-state index is 3.81. The summed E-state index contributed by atoms with van der Waals surface area (Å²) in [4.78, 5) is 0. The molecule has 1 nitrogen and oxygen atoms in total. The molecule has 0 spiro atoms. The predicted octanol–water partition coefficient (Wildman–Crippen LogP) is 4.37. The first-order chi connectivity index (χ1) is 8.24. The van der Waals surface area contributed by atoms with Crippen molar-refractivity contribution >= 4 is 0 Å². The maximum absolute atomic E-state index is 3.81. The minimum atomic E-state index is 0.817. The maximum Gasteiger partial charge on any atom is 0.00721 e. The average Bonchev–Trinajstić information content (AvgIpc) is 2.76. The van der Waals surface area contributed by atoms with Crippen molar-refractivity contribution in [3.05, 3.63) is 0 Å². The first-order valence-corrected chi connectivity index (χ1v) is 7.97. The topological polar surface area (TPSA) is 12.0 Å². The van der Waals surface area contributed by atoms with E-state index < -0.39 is 0 Å². The Kier molecular flexibility index (Phi) is 5.34. The van der Waals surface area contributed by atoms with Gasteiger partial charge in [-0.3, -0.25) is 0 Å². The van der Waals surface area contributed by atoms with Crippen LogP contribution in [-0.4, -0.2) is 12.6 Å². The van der Waals surface area contributed by atoms with Gasteiger partial charge >= 0.3 is 0 Å². The third-order valence-corrected chi connectivity index (χ3v) is 4.88. The predicted molar refractivity (Wildman–Crippen MR) is 75.2 cm³/mol. The molecule has 2 rings (SSSR count). The fraction of sp³-hybridized carbons (Fsp3) is 1.00. The molecule has 1 N–H and O–H groups in total. The van der Waals surface area contributed by atoms with Gasteiger partial charge in [0.05, 0.1) is 0 Å². The summed E-state index contributed by atoms with van der Waals surface area (Å²) in [6, 6.07) is 0.817. The minimum absolute atomic E-state index is 0.817. The van der Waals surface area contributed by atoms with Crippen LogP contribution >= 0.6 is 0 Å². The van der Waals surface area contributed by atoms with E-state index in [1.54, 1.807) is 0 Å². The first-order valence-electron chi connectivity index (χ1n) is 7.97. The van der Waals surface area contributed by atoms with E-state index in [4.69, 9.17) is 0 Å². The van der Waals surface area contributed by atoms with Gasteiger partial charge in [0.1, 0.15) is 0 Å². The van der Waals surface area contributed by atoms with Crippen LogP contribution in [0.4, 0.5) is 0 Å². The Labute approximate surface area is 108 Å². The summed E-state index contributed by atoms with van der Waals surface area (Å²) in [5.41, 5.74) is 0. The summed E-state index contributed by atoms with van der Waals surface area (Å²) in [7, 11) is 0. The monoisotopic (exact) mass is 237 g/mol. The third kappa shape index (κ3) is 4.62. The van der Waals surface area contributed by atoms with Crippen LogP contribution in [0.15, 0.2) is 0 Å². The molecule has 0 bridgehead atoms. The van der Waals surface area contributed by atoms with E-state index in [-0.39, 0.29) is 0 Å². The number of rotatable bonds is 5. The Hall–Kier alpha value is -0.0400. The highest BCUT2D eigenvalue weighted by molar-refractivity contribution is 4.79. The second-order valence-electron chi connectivity index (χ2n) is 6.86. The summed E-state index contributed by atoms with van der Waals surface area (Å²) in [5.74, 6) is 2.94. The smallest absolute Gasteiger partial charge is 0.00721 e. The fourth-order valence-electron chi connectivity index (χ4n) is 4.11. The first kappa shape index (κ1) is 13.4. The lowest BCUT2D eigenvalue weighted by atomic mass is 9.80. The number of hydrogen-bond acceptors (Lipinski definition) is 1. The minimum Gasteiger partial charge on any atom is -0.314 e. The fourth-order valence-corrected chi connectivity index (χ4v) is 4.11. The van der Waals surface area contributed by atoms with E-state index in [1.807, 2.05) is 0 Å². The van der Waals surface area contributed by atoms with Crippen LogP contribution in [0.3, 0.4) is 0 Å². The zero-order valence-corrected chi connectivity index (χ0v) is 11.9. The average molecular weight is 237 g/mol. The third-order valence-electron chi connectivity index (χ3n) is 4.88. The Morgan fingerprint density at radius 3 is 2.24 bits per heavy atom. The summed E-state index contributed by atoms with van der Waals surface area (Å²) in [6.45, 7) is 6.10. The molecule has 2 atom stereocenters. The normalized spacial score (nSPS) is 35.3. The zero-order valence-electron chi connectivity index (χ0n) is 11.9. The lowest BCUT2D eigenvalue weighted by molar-refractivity contribution is 0.238. The van der Waals surface area contributed by atoms with Gasteiger partial charge in [-0.2, -0.15) is 0 Å². The molecule has 2 fully saturated rings. The van der Waals surface area contributed by atoms with E-state index in [2.05, 4.69) is 19.2 Å². The van der Waals surface area contributed by atoms with Crippen molar-refractivity contribution in [3.63, 3.8) is 0 Å². The van der Waals surface area contributed by atoms with E-state index in [1.165, 1.54) is 64.3 Å². The van der Waals surface area contributed by atoms with Crippen LogP contribution in [0.2, 0.25) is 0 Å². The molecule has 0 radical (unpaired) electrons. The van der Waals surface area contributed by atoms with Gasteiger partial charge in [0, 0.05) is 6.04 Å². The number of hydrogen-bond donors (Lipinski definition) is 1. The van der Waals surface area contributed by atoms with Crippen molar-refractivity contribution in [1.82, 2.24) is 5.32 Å². The van der Waals surface area contributed by atoms with Gasteiger partial charge in [0.25, 0.3) is 0 Å². The van der Waals surface area contributed by atoms with E-state index in [9.17, 15) is 0 Å². The standard InChI is InChI=1S/C16H31N/c1-13-10-14(2)12-16(11-13)17-9-5-8-15-6-3-4-7-15/h13-17H,3-12H2,1-2H3. The molecule has 0 amide bonds. The van der Waals surface area contributed by atoms with Crippen molar-refractivity contribution in [2.45, 2.75) is 77.7 Å². The molecule has 0 aliphatic heterocycles. The zero-order chi connectivity index (χ0) is 12.1. The lowest BCUT2D eigenvalue weighted by Gasteiger charge is -2.32. The summed E-state index contributed by atoms with van der Waals surface area (Å²) < 4.78 is 0. The Bertz CT molecular complexity index is 198. The molecule has 0 aromatic rings. The summed E-state index contributed by atoms with van der Waals surface area (Å²) in [6.07, 6.45) is 13.2. The number of nitrogens with one attached hydrogen (secondary N) is 1. The second-order valence-corrected chi connectivity index (χ2v) is 6.86. The van der Waals surface area contributed by atoms with Crippen LogP contribution in [0, 0.1) is 17.8 Å². The lowest BCUT2D eigenvalue weighted by Crippen LogP contribution is -2.36. The Balaban J connectivity index is 1.54. The van der Waals surface area contributed by atoms with Crippen LogP contribution in [0.5, 0.6) is 0 Å². The quantitative estimate of drug-likeness (QED) is 0.700. The highest BCUT2D eigenvalue weighted by Crippen LogP contribution is 2.29. The highest BCUT2D eigenvalue weighted by Gasteiger charge is 2.23. The molecule has 2 unspecified atom stereocenters. The van der Waals surface area contributed by atoms with Crippen LogP contribution < -0.4 is 5.32 Å². The van der Waals surface area contributed by atoms with Gasteiger partial charge in [-0.05, 0) is 56.4 Å². The van der Waals surface area contributed by atoms with Gasteiger partial charge in [-0.1, -0.05) is 39.5 Å². The molecular formula is C16H31N. The van der Waals surface area contributed by atoms with Crippen molar-refractivity contribution in [3.8, 4) is 0 Å². The largest absolute Gasteiger partial charge is 0.314 e. The van der Waals surface area contributed by atoms with Crippen molar-refractivity contribution in [2.24, 2.45) is 17.8 Å². The van der Waals surface area contributed by atoms with E-state index in [0.717, 1.165) is 23.8 Å². The van der Waals surface area contributed by atoms with Gasteiger partial charge in [-0.25, -0.2) is 0 Å².